The maximum Gasteiger partial charge on any atom is 0.412 e. The second kappa shape index (κ2) is 7.38. The standard InChI is InChI=1S/C16H32N4O3/c1-9-18-13(17-8)19-10-12-11(2)22-16(6,7)20(12)14(21)23-15(3,4)5/h11-12H,9-10H2,1-8H3,(H2,17,18,19). The number of guanidine groups is 1. The smallest absolute Gasteiger partial charge is 0.412 e. The zero-order valence-electron chi connectivity index (χ0n) is 15.7. The minimum atomic E-state index is -0.712. The minimum absolute atomic E-state index is 0.107. The van der Waals surface area contributed by atoms with Crippen LogP contribution in [-0.4, -0.2) is 60.6 Å². The number of hydrogen-bond donors (Lipinski definition) is 2. The fourth-order valence-corrected chi connectivity index (χ4v) is 2.71. The summed E-state index contributed by atoms with van der Waals surface area (Å²) >= 11 is 0. The van der Waals surface area contributed by atoms with Crippen LogP contribution in [0, 0.1) is 0 Å². The number of nitrogens with zero attached hydrogens (tertiary/aromatic N) is 2. The lowest BCUT2D eigenvalue weighted by molar-refractivity contribution is -0.0755. The Bertz CT molecular complexity index is 443. The van der Waals surface area contributed by atoms with Crippen LogP contribution >= 0.6 is 0 Å². The lowest BCUT2D eigenvalue weighted by atomic mass is 10.1. The molecule has 7 nitrogen and oxygen atoms in total. The number of nitrogens with one attached hydrogen (secondary N) is 2. The third-order valence-electron chi connectivity index (χ3n) is 3.56. The number of amides is 1. The highest BCUT2D eigenvalue weighted by atomic mass is 16.6. The van der Waals surface area contributed by atoms with E-state index in [1.807, 2.05) is 48.5 Å². The van der Waals surface area contributed by atoms with E-state index < -0.39 is 11.3 Å². The van der Waals surface area contributed by atoms with Crippen molar-refractivity contribution in [3.63, 3.8) is 0 Å². The van der Waals surface area contributed by atoms with Crippen molar-refractivity contribution < 1.29 is 14.3 Å². The summed E-state index contributed by atoms with van der Waals surface area (Å²) in [7, 11) is 1.72. The first-order chi connectivity index (χ1) is 10.5. The number of rotatable bonds is 3. The SMILES string of the molecule is CCNC(=NC)NCC1C(C)OC(C)(C)N1C(=O)OC(C)(C)C. The number of carbonyl (C=O) groups is 1. The van der Waals surface area contributed by atoms with Crippen LogP contribution in [-0.2, 0) is 9.47 Å². The normalized spacial score (nSPS) is 24.5. The van der Waals surface area contributed by atoms with Gasteiger partial charge in [0.1, 0.15) is 11.3 Å². The second-order valence-electron chi connectivity index (χ2n) is 7.17. The molecule has 1 fully saturated rings. The van der Waals surface area contributed by atoms with Crippen LogP contribution < -0.4 is 10.6 Å². The van der Waals surface area contributed by atoms with Crippen molar-refractivity contribution in [3.8, 4) is 0 Å². The van der Waals surface area contributed by atoms with E-state index in [0.29, 0.717) is 12.5 Å². The Labute approximate surface area is 139 Å². The van der Waals surface area contributed by atoms with Crippen molar-refractivity contribution in [2.45, 2.75) is 71.9 Å². The number of hydrogen-bond acceptors (Lipinski definition) is 4. The van der Waals surface area contributed by atoms with E-state index in [4.69, 9.17) is 9.47 Å². The van der Waals surface area contributed by atoms with Gasteiger partial charge in [0.25, 0.3) is 0 Å². The molecule has 2 atom stereocenters. The molecule has 2 unspecified atom stereocenters. The van der Waals surface area contributed by atoms with E-state index in [0.717, 1.165) is 6.54 Å². The van der Waals surface area contributed by atoms with E-state index in [2.05, 4.69) is 15.6 Å². The first-order valence-corrected chi connectivity index (χ1v) is 8.16. The Morgan fingerprint density at radius 1 is 1.35 bits per heavy atom. The molecule has 2 N–H and O–H groups in total. The van der Waals surface area contributed by atoms with E-state index in [9.17, 15) is 4.79 Å². The fraction of sp³-hybridized carbons (Fsp3) is 0.875. The van der Waals surface area contributed by atoms with Gasteiger partial charge in [-0.25, -0.2) is 4.79 Å². The van der Waals surface area contributed by atoms with Crippen molar-refractivity contribution in [1.29, 1.82) is 0 Å². The minimum Gasteiger partial charge on any atom is -0.444 e. The average Bonchev–Trinajstić information content (AvgIpc) is 2.61. The van der Waals surface area contributed by atoms with Crippen LogP contribution in [0.25, 0.3) is 0 Å². The van der Waals surface area contributed by atoms with Crippen LogP contribution in [0.3, 0.4) is 0 Å². The molecular formula is C16H32N4O3. The van der Waals surface area contributed by atoms with Crippen molar-refractivity contribution in [2.24, 2.45) is 4.99 Å². The Hall–Kier alpha value is -1.50. The average molecular weight is 328 g/mol. The highest BCUT2D eigenvalue weighted by Crippen LogP contribution is 2.33. The fourth-order valence-electron chi connectivity index (χ4n) is 2.71. The van der Waals surface area contributed by atoms with Gasteiger partial charge in [-0.05, 0) is 48.5 Å². The van der Waals surface area contributed by atoms with Crippen LogP contribution in [0.5, 0.6) is 0 Å². The molecule has 7 heteroatoms. The highest BCUT2D eigenvalue weighted by Gasteiger charge is 2.49. The predicted octanol–water partition coefficient (Wildman–Crippen LogP) is 1.93. The number of carbonyl (C=O) groups excluding carboxylic acids is 1. The van der Waals surface area contributed by atoms with Gasteiger partial charge in [0.05, 0.1) is 12.1 Å². The van der Waals surface area contributed by atoms with Crippen molar-refractivity contribution in [1.82, 2.24) is 15.5 Å². The maximum absolute atomic E-state index is 12.6. The topological polar surface area (TPSA) is 75.2 Å². The maximum atomic E-state index is 12.6. The summed E-state index contributed by atoms with van der Waals surface area (Å²) in [6.45, 7) is 14.6. The summed E-state index contributed by atoms with van der Waals surface area (Å²) in [4.78, 5) is 18.4. The summed E-state index contributed by atoms with van der Waals surface area (Å²) in [6, 6.07) is -0.143. The molecule has 0 spiro atoms. The molecule has 1 aliphatic heterocycles. The van der Waals surface area contributed by atoms with Gasteiger partial charge in [-0.3, -0.25) is 9.89 Å². The van der Waals surface area contributed by atoms with Crippen LogP contribution in [0.15, 0.2) is 4.99 Å². The summed E-state index contributed by atoms with van der Waals surface area (Å²) < 4.78 is 11.5. The van der Waals surface area contributed by atoms with Gasteiger partial charge in [0.15, 0.2) is 5.96 Å². The zero-order chi connectivity index (χ0) is 17.8. The first-order valence-electron chi connectivity index (χ1n) is 8.16. The van der Waals surface area contributed by atoms with Crippen LogP contribution in [0.2, 0.25) is 0 Å². The Morgan fingerprint density at radius 3 is 2.43 bits per heavy atom. The Balaban J connectivity index is 2.87. The van der Waals surface area contributed by atoms with E-state index in [1.54, 1.807) is 11.9 Å². The van der Waals surface area contributed by atoms with Crippen LogP contribution in [0.4, 0.5) is 4.79 Å². The summed E-state index contributed by atoms with van der Waals surface area (Å²) in [5, 5.41) is 6.38. The molecule has 1 amide bonds. The third kappa shape index (κ3) is 5.27. The van der Waals surface area contributed by atoms with Crippen molar-refractivity contribution >= 4 is 12.1 Å². The van der Waals surface area contributed by atoms with Gasteiger partial charge in [0.2, 0.25) is 0 Å². The molecule has 0 radical (unpaired) electrons. The molecule has 134 valence electrons. The largest absolute Gasteiger partial charge is 0.444 e. The molecule has 1 saturated heterocycles. The summed E-state index contributed by atoms with van der Waals surface area (Å²) in [6.07, 6.45) is -0.471. The lowest BCUT2D eigenvalue weighted by Crippen LogP contribution is -2.54. The third-order valence-corrected chi connectivity index (χ3v) is 3.56. The molecule has 0 bridgehead atoms. The van der Waals surface area contributed by atoms with E-state index in [-0.39, 0.29) is 18.2 Å². The highest BCUT2D eigenvalue weighted by molar-refractivity contribution is 5.79. The lowest BCUT2D eigenvalue weighted by Gasteiger charge is -2.35. The van der Waals surface area contributed by atoms with Crippen molar-refractivity contribution in [2.75, 3.05) is 20.1 Å². The molecule has 1 rings (SSSR count). The van der Waals surface area contributed by atoms with Gasteiger partial charge in [0, 0.05) is 20.1 Å². The summed E-state index contributed by atoms with van der Waals surface area (Å²) in [5.41, 5.74) is -1.26. The van der Waals surface area contributed by atoms with E-state index in [1.165, 1.54) is 0 Å². The van der Waals surface area contributed by atoms with Gasteiger partial charge in [-0.2, -0.15) is 0 Å². The van der Waals surface area contributed by atoms with Gasteiger partial charge >= 0.3 is 6.09 Å². The Kier molecular flexibility index (Phi) is 6.27. The zero-order valence-corrected chi connectivity index (χ0v) is 15.7. The molecular weight excluding hydrogens is 296 g/mol. The molecule has 0 aromatic heterocycles. The molecule has 23 heavy (non-hydrogen) atoms. The van der Waals surface area contributed by atoms with E-state index >= 15 is 0 Å². The van der Waals surface area contributed by atoms with Gasteiger partial charge in [-0.1, -0.05) is 0 Å². The predicted molar refractivity (Wildman–Crippen MR) is 91.5 cm³/mol. The monoisotopic (exact) mass is 328 g/mol. The molecule has 0 saturated carbocycles. The number of aliphatic imine (C=N–C) groups is 1. The Morgan fingerprint density at radius 2 is 1.96 bits per heavy atom. The number of ether oxygens (including phenoxy) is 2. The molecule has 0 aromatic carbocycles. The second-order valence-corrected chi connectivity index (χ2v) is 7.17. The first kappa shape index (κ1) is 19.5. The molecule has 1 aliphatic rings. The van der Waals surface area contributed by atoms with Gasteiger partial charge < -0.3 is 20.1 Å². The molecule has 1 heterocycles. The van der Waals surface area contributed by atoms with Crippen molar-refractivity contribution in [3.05, 3.63) is 0 Å². The quantitative estimate of drug-likeness (QED) is 0.612. The van der Waals surface area contributed by atoms with Gasteiger partial charge in [-0.15, -0.1) is 0 Å². The summed E-state index contributed by atoms with van der Waals surface area (Å²) in [5.74, 6) is 0.702. The molecule has 0 aliphatic carbocycles. The van der Waals surface area contributed by atoms with Crippen LogP contribution in [0.1, 0.15) is 48.5 Å². The molecule has 0 aromatic rings.